The van der Waals surface area contributed by atoms with Crippen LogP contribution in [0.1, 0.15) is 131 Å². The fraction of sp³-hybridized carbons (Fsp3) is 0.538. The number of aromatic hydroxyl groups is 3. The summed E-state index contributed by atoms with van der Waals surface area (Å²) in [6.07, 6.45) is 11.6. The number of ether oxygens (including phenoxy) is 5. The number of hydrogen-bond acceptors (Lipinski definition) is 19. The van der Waals surface area contributed by atoms with Gasteiger partial charge in [0, 0.05) is 111 Å². The maximum Gasteiger partial charge on any atom is 0.341 e. The number of aliphatic hydroxyl groups is 2. The molecule has 23 heteroatoms. The zero-order valence-electron chi connectivity index (χ0n) is 51.6. The number of phenols is 3. The van der Waals surface area contributed by atoms with Gasteiger partial charge in [0.05, 0.1) is 71.0 Å². The van der Waals surface area contributed by atoms with Crippen LogP contribution >= 0.6 is 0 Å². The number of anilines is 2. The Morgan fingerprint density at radius 3 is 2.23 bits per heavy atom. The van der Waals surface area contributed by atoms with Gasteiger partial charge in [0.15, 0.2) is 17.3 Å². The van der Waals surface area contributed by atoms with E-state index in [1.165, 1.54) is 72.7 Å². The molecule has 88 heavy (non-hydrogen) atoms. The highest BCUT2D eigenvalue weighted by atomic mass is 19.1. The van der Waals surface area contributed by atoms with Crippen molar-refractivity contribution in [3.63, 3.8) is 0 Å². The first-order valence-corrected chi connectivity index (χ1v) is 30.2. The number of hydrogen-bond donors (Lipinski definition) is 7. The summed E-state index contributed by atoms with van der Waals surface area (Å²) in [6, 6.07) is 1.24. The standard InChI is InChI=1S/C65H81FN6O16/c1-31-13-12-14-32(2)62(81)68-49-42(56(78)46-47(57(49)79)54(76)36(6)59-48(46)61(80)64(8,88-59)86-26-20-45(84-10)33(3)58(87-37(7)73)35(5)53(75)34(4)52(31)74)28-67-71-24-18-39(19-25-71)69(9)65(21-22-65)38-17-23-70(29-38)51-44(66)27-41-50(60(51)85-11)72(40-15-16-40)30-43(55(41)77)63(82)83/h12-14,20,26-28,30-31,33-35,38-40,45,52-53,58,74-76,78-79H,15-19,21-25,29H2,1-11H3,(H,68,81)(H,82,83)/b13-12+,26-20+,32-14-,67-28+/t31-,33-,34-,35-,38?,45+,52+,53-,58-,64+/m1/s1. The summed E-state index contributed by atoms with van der Waals surface area (Å²) in [5.74, 6) is -10.6. The van der Waals surface area contributed by atoms with Gasteiger partial charge in [-0.3, -0.25) is 29.1 Å². The van der Waals surface area contributed by atoms with Gasteiger partial charge in [-0.25, -0.2) is 9.18 Å². The molecule has 6 heterocycles. The van der Waals surface area contributed by atoms with Crippen molar-refractivity contribution in [3.05, 3.63) is 86.7 Å². The van der Waals surface area contributed by atoms with Gasteiger partial charge < -0.3 is 69.1 Å². The minimum Gasteiger partial charge on any atom is -0.507 e. The second kappa shape index (κ2) is 24.3. The molecule has 0 radical (unpaired) electrons. The number of Topliss-reactive ketones (excluding diaryl/α,β-unsaturated/α-hetero) is 1. The maximum absolute atomic E-state index is 16.4. The predicted molar refractivity (Wildman–Crippen MR) is 326 cm³/mol. The molecule has 7 aliphatic rings. The zero-order valence-corrected chi connectivity index (χ0v) is 51.6. The number of allylic oxidation sites excluding steroid dienone is 2. The minimum absolute atomic E-state index is 0.0170. The van der Waals surface area contributed by atoms with Crippen molar-refractivity contribution in [2.75, 3.05) is 57.7 Å². The molecule has 3 aromatic carbocycles. The van der Waals surface area contributed by atoms with E-state index in [2.05, 4.69) is 17.3 Å². The Balaban J connectivity index is 0.934. The Kier molecular flexibility index (Phi) is 17.5. The summed E-state index contributed by atoms with van der Waals surface area (Å²) in [5, 5.41) is 78.4. The Morgan fingerprint density at radius 1 is 0.909 bits per heavy atom. The van der Waals surface area contributed by atoms with Crippen LogP contribution < -0.4 is 25.1 Å². The van der Waals surface area contributed by atoms with E-state index in [0.29, 0.717) is 44.5 Å². The molecule has 5 aliphatic heterocycles. The number of halogens is 1. The van der Waals surface area contributed by atoms with Gasteiger partial charge >= 0.3 is 17.7 Å². The highest BCUT2D eigenvalue weighted by Gasteiger charge is 2.56. The van der Waals surface area contributed by atoms with Crippen LogP contribution in [0.15, 0.2) is 58.3 Å². The molecule has 5 bridgehead atoms. The number of carbonyl (C=O) groups is 4. The first-order chi connectivity index (χ1) is 41.7. The monoisotopic (exact) mass is 1220 g/mol. The summed E-state index contributed by atoms with van der Waals surface area (Å²) in [7, 11) is 5.00. The molecular weight excluding hydrogens is 1140 g/mol. The zero-order chi connectivity index (χ0) is 63.7. The summed E-state index contributed by atoms with van der Waals surface area (Å²) in [6.45, 7) is 14.4. The Labute approximate surface area is 509 Å². The number of aromatic nitrogens is 1. The van der Waals surface area contributed by atoms with Gasteiger partial charge in [-0.2, -0.15) is 5.10 Å². The lowest BCUT2D eigenvalue weighted by molar-refractivity contribution is -0.160. The molecular formula is C65H81FN6O16. The van der Waals surface area contributed by atoms with Crippen LogP contribution in [0.3, 0.4) is 0 Å². The number of rotatable bonds is 11. The van der Waals surface area contributed by atoms with Crippen LogP contribution in [0.5, 0.6) is 28.7 Å². The van der Waals surface area contributed by atoms with E-state index in [0.717, 1.165) is 38.2 Å². The fourth-order valence-electron chi connectivity index (χ4n) is 14.0. The normalized spacial score (nSPS) is 29.3. The number of phenolic OH excluding ortho intramolecular Hbond substituents is 3. The number of hydrazone groups is 1. The number of carboxylic acid groups (broad SMARTS) is 1. The first-order valence-electron chi connectivity index (χ1n) is 30.2. The van der Waals surface area contributed by atoms with Crippen LogP contribution in [-0.2, 0) is 23.8 Å². The highest BCUT2D eigenvalue weighted by Crippen LogP contribution is 2.56. The molecule has 1 aromatic heterocycles. The number of esters is 1. The number of aromatic carboxylic acids is 1. The van der Waals surface area contributed by atoms with Crippen LogP contribution in [0.4, 0.5) is 15.8 Å². The Hall–Kier alpha value is -7.73. The number of carbonyl (C=O) groups excluding carboxylic acids is 3. The van der Waals surface area contributed by atoms with Crippen LogP contribution in [0, 0.1) is 42.3 Å². The molecule has 4 fully saturated rings. The second-order valence-electron chi connectivity index (χ2n) is 25.1. The molecule has 2 saturated heterocycles. The molecule has 2 saturated carbocycles. The number of ketones is 1. The molecule has 2 aliphatic carbocycles. The molecule has 22 nitrogen and oxygen atoms in total. The van der Waals surface area contributed by atoms with Crippen LogP contribution in [0.2, 0.25) is 0 Å². The van der Waals surface area contributed by atoms with Crippen molar-refractivity contribution in [1.29, 1.82) is 0 Å². The third kappa shape index (κ3) is 11.2. The van der Waals surface area contributed by atoms with Gasteiger partial charge in [-0.05, 0) is 83.9 Å². The van der Waals surface area contributed by atoms with Gasteiger partial charge in [-0.1, -0.05) is 45.9 Å². The highest BCUT2D eigenvalue weighted by molar-refractivity contribution is 6.24. The van der Waals surface area contributed by atoms with E-state index in [9.17, 15) is 54.6 Å². The smallest absolute Gasteiger partial charge is 0.341 e. The van der Waals surface area contributed by atoms with Gasteiger partial charge in [-0.15, -0.1) is 0 Å². The van der Waals surface area contributed by atoms with Crippen LogP contribution in [0.25, 0.3) is 21.7 Å². The molecule has 474 valence electrons. The number of aliphatic hydroxyl groups excluding tert-OH is 2. The average Bonchev–Trinajstić information content (AvgIpc) is 1.45. The van der Waals surface area contributed by atoms with E-state index in [-0.39, 0.29) is 84.8 Å². The van der Waals surface area contributed by atoms with Crippen molar-refractivity contribution >= 4 is 62.9 Å². The average molecular weight is 1220 g/mol. The van der Waals surface area contributed by atoms with Crippen molar-refractivity contribution in [3.8, 4) is 28.7 Å². The summed E-state index contributed by atoms with van der Waals surface area (Å²) in [5.41, 5.74) is -1.29. The lowest BCUT2D eigenvalue weighted by atomic mass is 9.78. The number of piperidine rings is 1. The number of fused-ring (bicyclic) bond motifs is 15. The van der Waals surface area contributed by atoms with Crippen molar-refractivity contribution < 1.29 is 77.9 Å². The number of carboxylic acids is 1. The molecule has 1 amide bonds. The quantitative estimate of drug-likeness (QED) is 0.0323. The molecule has 7 N–H and O–H groups in total. The lowest BCUT2D eigenvalue weighted by Crippen LogP contribution is -2.50. The number of amides is 1. The van der Waals surface area contributed by atoms with Crippen molar-refractivity contribution in [1.82, 2.24) is 14.5 Å². The molecule has 0 spiro atoms. The minimum atomic E-state index is -2.12. The van der Waals surface area contributed by atoms with Gasteiger partial charge in [0.25, 0.3) is 11.7 Å². The summed E-state index contributed by atoms with van der Waals surface area (Å²) >= 11 is 0. The fourth-order valence-corrected chi connectivity index (χ4v) is 14.0. The molecule has 4 aromatic rings. The predicted octanol–water partition coefficient (Wildman–Crippen LogP) is 8.04. The van der Waals surface area contributed by atoms with E-state index in [1.54, 1.807) is 49.4 Å². The third-order valence-corrected chi connectivity index (χ3v) is 19.7. The molecule has 1 unspecified atom stereocenters. The summed E-state index contributed by atoms with van der Waals surface area (Å²) < 4.78 is 48.0. The molecule has 10 atom stereocenters. The van der Waals surface area contributed by atoms with Crippen LogP contribution in [-0.4, -0.2) is 164 Å². The number of nitrogens with one attached hydrogen (secondary N) is 1. The SMILES string of the molecule is COc1c(N2CCC(C3(N(C)C4CCN(/N=C/c5c6c(O)c7c(O)c(C)c8c(c7c5O)C(=O)[C@@](C)(O/C=C/[C@H](OC)[C@@H](C)[C@@H](OC(C)=O)[C@H](C)[C@H](O)[C@H](C)[C@@H](O)[C@H](C)/C=C/C=C(/C)C(=O)N6)O8)CC4)CC3)C2)c(F)cc2c(=O)c(C(=O)O)cn(C3CC3)c12. The van der Waals surface area contributed by atoms with E-state index in [4.69, 9.17) is 28.8 Å². The van der Waals surface area contributed by atoms with Crippen molar-refractivity contribution in [2.45, 2.75) is 148 Å². The number of pyridine rings is 1. The van der Waals surface area contributed by atoms with Crippen molar-refractivity contribution in [2.24, 2.45) is 34.7 Å². The van der Waals surface area contributed by atoms with Gasteiger partial charge in [0.2, 0.25) is 5.43 Å². The number of nitrogens with zero attached hydrogens (tertiary/aromatic N) is 5. The summed E-state index contributed by atoms with van der Waals surface area (Å²) in [4.78, 5) is 71.5. The van der Waals surface area contributed by atoms with Gasteiger partial charge in [0.1, 0.15) is 34.6 Å². The second-order valence-corrected chi connectivity index (χ2v) is 25.1. The Morgan fingerprint density at radius 2 is 1.60 bits per heavy atom. The van der Waals surface area contributed by atoms with E-state index in [1.807, 2.05) is 4.90 Å². The number of methoxy groups -OCH3 is 2. The van der Waals surface area contributed by atoms with E-state index < -0.39 is 112 Å². The maximum atomic E-state index is 16.4. The largest absolute Gasteiger partial charge is 0.507 e. The number of benzene rings is 3. The third-order valence-electron chi connectivity index (χ3n) is 19.7. The van der Waals surface area contributed by atoms with E-state index >= 15 is 4.39 Å². The Bertz CT molecular complexity index is 3660. The first kappa shape index (κ1) is 63.3. The lowest BCUT2D eigenvalue weighted by Gasteiger charge is -2.42. The molecule has 11 rings (SSSR count). The topological polar surface area (TPSA) is 292 Å².